The number of nitrogens with zero attached hydrogens (tertiary/aromatic N) is 2. The van der Waals surface area contributed by atoms with E-state index in [1.165, 1.54) is 24.3 Å². The zero-order chi connectivity index (χ0) is 23.4. The molecule has 2 aromatic carbocycles. The molecule has 8 heteroatoms. The van der Waals surface area contributed by atoms with Crippen LogP contribution in [0.3, 0.4) is 0 Å². The lowest BCUT2D eigenvalue weighted by Crippen LogP contribution is -2.52. The third kappa shape index (κ3) is 5.74. The lowest BCUT2D eigenvalue weighted by molar-refractivity contribution is -0.145. The molecule has 2 aliphatic heterocycles. The number of amides is 3. The summed E-state index contributed by atoms with van der Waals surface area (Å²) in [6, 6.07) is 12.2. The molecule has 0 saturated carbocycles. The van der Waals surface area contributed by atoms with Gasteiger partial charge < -0.3 is 15.1 Å². The van der Waals surface area contributed by atoms with Crippen molar-refractivity contribution in [2.45, 2.75) is 44.2 Å². The summed E-state index contributed by atoms with van der Waals surface area (Å²) >= 11 is 0. The van der Waals surface area contributed by atoms with Gasteiger partial charge in [0.05, 0.1) is 6.54 Å². The Bertz CT molecular complexity index is 1030. The van der Waals surface area contributed by atoms with Crippen molar-refractivity contribution >= 4 is 17.7 Å². The van der Waals surface area contributed by atoms with Crippen LogP contribution < -0.4 is 5.32 Å². The molecule has 4 rings (SSSR count). The molecule has 1 atom stereocenters. The molecule has 1 unspecified atom stereocenters. The SMILES string of the molecule is O=C1CCC(CCC(=O)N2CCN(Cc3ccc(F)cc3)C(=O)C2)(Cc2ccc(F)cc2)N1. The van der Waals surface area contributed by atoms with Gasteiger partial charge in [0, 0.05) is 38.0 Å². The van der Waals surface area contributed by atoms with Crippen LogP contribution in [-0.4, -0.2) is 52.7 Å². The lowest BCUT2D eigenvalue weighted by Gasteiger charge is -2.35. The molecule has 2 heterocycles. The van der Waals surface area contributed by atoms with Crippen LogP contribution in [0.5, 0.6) is 0 Å². The van der Waals surface area contributed by atoms with Crippen molar-refractivity contribution in [3.05, 3.63) is 71.3 Å². The standard InChI is InChI=1S/C25H27F2N3O3/c26-20-5-1-18(2-6-20)15-25(11-9-22(31)28-25)12-10-23(32)30-14-13-29(24(33)17-30)16-19-3-7-21(27)8-4-19/h1-8H,9-17H2,(H,28,31). The topological polar surface area (TPSA) is 69.7 Å². The number of carbonyl (C=O) groups excluding carboxylic acids is 3. The summed E-state index contributed by atoms with van der Waals surface area (Å²) in [5.74, 6) is -0.953. The Labute approximate surface area is 191 Å². The van der Waals surface area contributed by atoms with E-state index in [4.69, 9.17) is 0 Å². The van der Waals surface area contributed by atoms with Crippen molar-refractivity contribution in [3.8, 4) is 0 Å². The van der Waals surface area contributed by atoms with Gasteiger partial charge in [0.2, 0.25) is 17.7 Å². The Balaban J connectivity index is 1.32. The highest BCUT2D eigenvalue weighted by Gasteiger charge is 2.38. The average molecular weight is 456 g/mol. The highest BCUT2D eigenvalue weighted by Crippen LogP contribution is 2.30. The van der Waals surface area contributed by atoms with Crippen molar-refractivity contribution in [2.75, 3.05) is 19.6 Å². The number of hydrogen-bond acceptors (Lipinski definition) is 3. The number of carbonyl (C=O) groups is 3. The van der Waals surface area contributed by atoms with Crippen LogP contribution in [0.2, 0.25) is 0 Å². The second kappa shape index (κ2) is 9.68. The maximum atomic E-state index is 13.2. The van der Waals surface area contributed by atoms with Gasteiger partial charge in [0.1, 0.15) is 11.6 Å². The molecule has 2 saturated heterocycles. The fourth-order valence-corrected chi connectivity index (χ4v) is 4.58. The molecular formula is C25H27F2N3O3. The van der Waals surface area contributed by atoms with Gasteiger partial charge in [0.15, 0.2) is 0 Å². The molecule has 2 fully saturated rings. The molecule has 6 nitrogen and oxygen atoms in total. The predicted molar refractivity (Wildman–Crippen MR) is 118 cm³/mol. The van der Waals surface area contributed by atoms with Crippen LogP contribution in [0.4, 0.5) is 8.78 Å². The fourth-order valence-electron chi connectivity index (χ4n) is 4.58. The summed E-state index contributed by atoms with van der Waals surface area (Å²) in [5, 5.41) is 3.03. The van der Waals surface area contributed by atoms with E-state index >= 15 is 0 Å². The van der Waals surface area contributed by atoms with Crippen molar-refractivity contribution in [3.63, 3.8) is 0 Å². The maximum absolute atomic E-state index is 13.2. The van der Waals surface area contributed by atoms with E-state index in [1.807, 2.05) is 0 Å². The molecule has 3 amide bonds. The minimum Gasteiger partial charge on any atom is -0.350 e. The van der Waals surface area contributed by atoms with Crippen molar-refractivity contribution in [1.82, 2.24) is 15.1 Å². The number of rotatable bonds is 7. The molecule has 2 aliphatic rings. The smallest absolute Gasteiger partial charge is 0.242 e. The Kier molecular flexibility index (Phi) is 6.72. The summed E-state index contributed by atoms with van der Waals surface area (Å²) in [6.07, 6.45) is 2.21. The first-order valence-electron chi connectivity index (χ1n) is 11.2. The molecule has 1 N–H and O–H groups in total. The van der Waals surface area contributed by atoms with Crippen LogP contribution in [0.1, 0.15) is 36.8 Å². The van der Waals surface area contributed by atoms with Crippen molar-refractivity contribution < 1.29 is 23.2 Å². The molecular weight excluding hydrogens is 428 g/mol. The van der Waals surface area contributed by atoms with Crippen LogP contribution in [0.25, 0.3) is 0 Å². The summed E-state index contributed by atoms with van der Waals surface area (Å²) in [4.78, 5) is 40.7. The fraction of sp³-hybridized carbons (Fsp3) is 0.400. The molecule has 0 spiro atoms. The molecule has 0 radical (unpaired) electrons. The van der Waals surface area contributed by atoms with E-state index in [0.29, 0.717) is 45.3 Å². The van der Waals surface area contributed by atoms with Crippen molar-refractivity contribution in [1.29, 1.82) is 0 Å². The molecule has 174 valence electrons. The summed E-state index contributed by atoms with van der Waals surface area (Å²) < 4.78 is 26.3. The first kappa shape index (κ1) is 22.9. The summed E-state index contributed by atoms with van der Waals surface area (Å²) in [5.41, 5.74) is 1.19. The van der Waals surface area contributed by atoms with Crippen LogP contribution in [0, 0.1) is 11.6 Å². The normalized spacial score (nSPS) is 20.8. The second-order valence-electron chi connectivity index (χ2n) is 8.89. The maximum Gasteiger partial charge on any atom is 0.242 e. The van der Waals surface area contributed by atoms with Gasteiger partial charge in [0.25, 0.3) is 0 Å². The van der Waals surface area contributed by atoms with Gasteiger partial charge in [-0.25, -0.2) is 8.78 Å². The van der Waals surface area contributed by atoms with Gasteiger partial charge >= 0.3 is 0 Å². The van der Waals surface area contributed by atoms with Gasteiger partial charge in [-0.15, -0.1) is 0 Å². The third-order valence-corrected chi connectivity index (χ3v) is 6.47. The van der Waals surface area contributed by atoms with E-state index in [-0.39, 0.29) is 42.3 Å². The van der Waals surface area contributed by atoms with Gasteiger partial charge in [-0.1, -0.05) is 24.3 Å². The molecule has 0 aliphatic carbocycles. The van der Waals surface area contributed by atoms with Crippen LogP contribution in [-0.2, 0) is 27.3 Å². The quantitative estimate of drug-likeness (QED) is 0.698. The van der Waals surface area contributed by atoms with E-state index in [9.17, 15) is 23.2 Å². The minimum atomic E-state index is -0.543. The van der Waals surface area contributed by atoms with Crippen LogP contribution >= 0.6 is 0 Å². The van der Waals surface area contributed by atoms with Crippen LogP contribution in [0.15, 0.2) is 48.5 Å². The number of piperazine rings is 1. The molecule has 0 aromatic heterocycles. The largest absolute Gasteiger partial charge is 0.350 e. The molecule has 33 heavy (non-hydrogen) atoms. The van der Waals surface area contributed by atoms with Gasteiger partial charge in [-0.2, -0.15) is 0 Å². The monoisotopic (exact) mass is 455 g/mol. The number of nitrogens with one attached hydrogen (secondary N) is 1. The highest BCUT2D eigenvalue weighted by molar-refractivity contribution is 5.86. The first-order chi connectivity index (χ1) is 15.8. The Hall–Kier alpha value is -3.29. The van der Waals surface area contributed by atoms with E-state index in [2.05, 4.69) is 5.32 Å². The summed E-state index contributed by atoms with van der Waals surface area (Å²) in [7, 11) is 0. The zero-order valence-electron chi connectivity index (χ0n) is 18.4. The van der Waals surface area contributed by atoms with Crippen molar-refractivity contribution in [2.24, 2.45) is 0 Å². The van der Waals surface area contributed by atoms with Gasteiger partial charge in [-0.3, -0.25) is 14.4 Å². The first-order valence-corrected chi connectivity index (χ1v) is 11.2. The Morgan fingerprint density at radius 2 is 1.58 bits per heavy atom. The van der Waals surface area contributed by atoms with E-state index in [1.54, 1.807) is 34.1 Å². The van der Waals surface area contributed by atoms with Gasteiger partial charge in [-0.05, 0) is 54.7 Å². The zero-order valence-corrected chi connectivity index (χ0v) is 18.4. The number of benzene rings is 2. The predicted octanol–water partition coefficient (Wildman–Crippen LogP) is 2.81. The number of halogens is 2. The molecule has 0 bridgehead atoms. The third-order valence-electron chi connectivity index (χ3n) is 6.47. The minimum absolute atomic E-state index is 0.0113. The van der Waals surface area contributed by atoms with E-state index in [0.717, 1.165) is 11.1 Å². The molecule has 2 aromatic rings. The average Bonchev–Trinajstić information content (AvgIpc) is 3.17. The Morgan fingerprint density at radius 3 is 2.15 bits per heavy atom. The summed E-state index contributed by atoms with van der Waals surface area (Å²) in [6.45, 7) is 1.24. The number of hydrogen-bond donors (Lipinski definition) is 1. The highest BCUT2D eigenvalue weighted by atomic mass is 19.1. The second-order valence-corrected chi connectivity index (χ2v) is 8.89. The Morgan fingerprint density at radius 1 is 0.939 bits per heavy atom. The van der Waals surface area contributed by atoms with E-state index < -0.39 is 5.54 Å². The lowest BCUT2D eigenvalue weighted by atomic mass is 9.85.